The van der Waals surface area contributed by atoms with Crippen molar-refractivity contribution in [2.75, 3.05) is 20.2 Å². The summed E-state index contributed by atoms with van der Waals surface area (Å²) in [6.45, 7) is 4.32. The zero-order chi connectivity index (χ0) is 23.7. The first-order valence-corrected chi connectivity index (χ1v) is 11.5. The number of pyridine rings is 1. The Hall–Kier alpha value is -3.59. The lowest BCUT2D eigenvalue weighted by Gasteiger charge is -2.35. The molecule has 0 spiro atoms. The number of rotatable bonds is 6. The van der Waals surface area contributed by atoms with Gasteiger partial charge >= 0.3 is 0 Å². The Kier molecular flexibility index (Phi) is 6.10. The van der Waals surface area contributed by atoms with Crippen molar-refractivity contribution >= 4 is 10.9 Å². The molecule has 1 aliphatic heterocycles. The third-order valence-corrected chi connectivity index (χ3v) is 6.61. The standard InChI is InChI=1S/C25H27FN6O2/c1-16-9-11-31(12-10-16)23(21-13-18-5-8-20(34-2)14-22(18)27-25(21)33)24-28-29-30-32(24)15-17-3-6-19(26)7-4-17/h3-8,13-14,16,23H,9-12,15H2,1-2H3,(H,27,33)/t23-/m1/s1. The molecule has 1 aliphatic rings. The molecule has 0 aliphatic carbocycles. The fraction of sp³-hybridized carbons (Fsp3) is 0.360. The van der Waals surface area contributed by atoms with Gasteiger partial charge in [0, 0.05) is 11.6 Å². The van der Waals surface area contributed by atoms with Crippen LogP contribution in [-0.4, -0.2) is 50.3 Å². The summed E-state index contributed by atoms with van der Waals surface area (Å²) in [6.07, 6.45) is 2.08. The predicted molar refractivity (Wildman–Crippen MR) is 126 cm³/mol. The first-order chi connectivity index (χ1) is 16.5. The minimum absolute atomic E-state index is 0.180. The van der Waals surface area contributed by atoms with Gasteiger partial charge in [-0.1, -0.05) is 19.1 Å². The minimum Gasteiger partial charge on any atom is -0.497 e. The number of nitrogens with one attached hydrogen (secondary N) is 1. The van der Waals surface area contributed by atoms with E-state index in [2.05, 4.69) is 32.3 Å². The Balaban J connectivity index is 1.59. The van der Waals surface area contributed by atoms with Gasteiger partial charge in [0.05, 0.1) is 19.2 Å². The molecular formula is C25H27FN6O2. The van der Waals surface area contributed by atoms with E-state index in [-0.39, 0.29) is 11.4 Å². The quantitative estimate of drug-likeness (QED) is 0.472. The van der Waals surface area contributed by atoms with E-state index in [0.717, 1.165) is 36.9 Å². The minimum atomic E-state index is -0.404. The van der Waals surface area contributed by atoms with E-state index in [9.17, 15) is 9.18 Å². The normalized spacial score (nSPS) is 16.1. The summed E-state index contributed by atoms with van der Waals surface area (Å²) in [7, 11) is 1.60. The predicted octanol–water partition coefficient (Wildman–Crippen LogP) is 3.53. The first-order valence-electron chi connectivity index (χ1n) is 11.5. The molecule has 0 radical (unpaired) electrons. The second-order valence-corrected chi connectivity index (χ2v) is 8.95. The van der Waals surface area contributed by atoms with E-state index in [1.807, 2.05) is 24.3 Å². The highest BCUT2D eigenvalue weighted by Gasteiger charge is 2.32. The number of aromatic nitrogens is 5. The molecule has 3 heterocycles. The summed E-state index contributed by atoms with van der Waals surface area (Å²) in [4.78, 5) is 18.6. The van der Waals surface area contributed by atoms with Crippen LogP contribution in [0.5, 0.6) is 5.75 Å². The average Bonchev–Trinajstić information content (AvgIpc) is 3.29. The van der Waals surface area contributed by atoms with Gasteiger partial charge in [-0.25, -0.2) is 9.07 Å². The number of piperidine rings is 1. The summed E-state index contributed by atoms with van der Waals surface area (Å²) < 4.78 is 20.4. The van der Waals surface area contributed by atoms with Crippen LogP contribution in [0.1, 0.15) is 42.8 Å². The molecule has 2 aromatic heterocycles. The molecule has 8 nitrogen and oxygen atoms in total. The number of benzene rings is 2. The molecule has 1 saturated heterocycles. The molecular weight excluding hydrogens is 435 g/mol. The van der Waals surface area contributed by atoms with Gasteiger partial charge in [0.1, 0.15) is 17.6 Å². The molecule has 0 bridgehead atoms. The van der Waals surface area contributed by atoms with Crippen LogP contribution in [0.25, 0.3) is 10.9 Å². The maximum Gasteiger partial charge on any atom is 0.253 e. The van der Waals surface area contributed by atoms with Gasteiger partial charge in [0.15, 0.2) is 5.82 Å². The second kappa shape index (κ2) is 9.34. The zero-order valence-electron chi connectivity index (χ0n) is 19.2. The fourth-order valence-corrected chi connectivity index (χ4v) is 4.60. The lowest BCUT2D eigenvalue weighted by Crippen LogP contribution is -2.40. The van der Waals surface area contributed by atoms with E-state index < -0.39 is 6.04 Å². The Morgan fingerprint density at radius 2 is 1.91 bits per heavy atom. The van der Waals surface area contributed by atoms with Gasteiger partial charge in [-0.2, -0.15) is 0 Å². The summed E-state index contributed by atoms with van der Waals surface area (Å²) in [5.41, 5.74) is 2.01. The van der Waals surface area contributed by atoms with Gasteiger partial charge in [-0.3, -0.25) is 9.69 Å². The number of ether oxygens (including phenoxy) is 1. The number of aromatic amines is 1. The summed E-state index contributed by atoms with van der Waals surface area (Å²) in [5, 5.41) is 13.4. The van der Waals surface area contributed by atoms with Crippen molar-refractivity contribution in [1.29, 1.82) is 0 Å². The van der Waals surface area contributed by atoms with Crippen molar-refractivity contribution in [2.45, 2.75) is 32.4 Å². The van der Waals surface area contributed by atoms with Crippen LogP contribution in [0.2, 0.25) is 0 Å². The summed E-state index contributed by atoms with van der Waals surface area (Å²) in [5.74, 6) is 1.62. The molecule has 34 heavy (non-hydrogen) atoms. The Labute approximate surface area is 196 Å². The number of fused-ring (bicyclic) bond motifs is 1. The largest absolute Gasteiger partial charge is 0.497 e. The van der Waals surface area contributed by atoms with Crippen LogP contribution >= 0.6 is 0 Å². The number of likely N-dealkylation sites (tertiary alicyclic amines) is 1. The highest BCUT2D eigenvalue weighted by Crippen LogP contribution is 2.31. The third kappa shape index (κ3) is 4.43. The van der Waals surface area contributed by atoms with Crippen molar-refractivity contribution in [3.05, 3.63) is 81.7 Å². The van der Waals surface area contributed by atoms with Crippen LogP contribution < -0.4 is 10.3 Å². The van der Waals surface area contributed by atoms with Gasteiger partial charge in [-0.15, -0.1) is 5.10 Å². The number of hydrogen-bond donors (Lipinski definition) is 1. The lowest BCUT2D eigenvalue weighted by atomic mass is 9.95. The van der Waals surface area contributed by atoms with E-state index in [1.165, 1.54) is 12.1 Å². The van der Waals surface area contributed by atoms with Crippen LogP contribution in [0.3, 0.4) is 0 Å². The van der Waals surface area contributed by atoms with Gasteiger partial charge in [0.2, 0.25) is 0 Å². The third-order valence-electron chi connectivity index (χ3n) is 6.61. The lowest BCUT2D eigenvalue weighted by molar-refractivity contribution is 0.149. The van der Waals surface area contributed by atoms with Crippen molar-refractivity contribution in [3.8, 4) is 5.75 Å². The van der Waals surface area contributed by atoms with Gasteiger partial charge in [0.25, 0.3) is 5.56 Å². The van der Waals surface area contributed by atoms with Crippen LogP contribution in [0.15, 0.2) is 53.3 Å². The van der Waals surface area contributed by atoms with E-state index in [1.54, 1.807) is 23.9 Å². The fourth-order valence-electron chi connectivity index (χ4n) is 4.60. The molecule has 5 rings (SSSR count). The molecule has 4 aromatic rings. The van der Waals surface area contributed by atoms with E-state index in [0.29, 0.717) is 35.1 Å². The molecule has 1 fully saturated rings. The monoisotopic (exact) mass is 462 g/mol. The molecule has 176 valence electrons. The van der Waals surface area contributed by atoms with Crippen molar-refractivity contribution in [3.63, 3.8) is 0 Å². The Morgan fingerprint density at radius 1 is 1.15 bits per heavy atom. The molecule has 0 saturated carbocycles. The summed E-state index contributed by atoms with van der Waals surface area (Å²) >= 11 is 0. The van der Waals surface area contributed by atoms with Crippen molar-refractivity contribution in [1.82, 2.24) is 30.1 Å². The van der Waals surface area contributed by atoms with E-state index in [4.69, 9.17) is 4.74 Å². The zero-order valence-corrected chi connectivity index (χ0v) is 19.2. The van der Waals surface area contributed by atoms with Crippen molar-refractivity contribution < 1.29 is 9.13 Å². The molecule has 2 aromatic carbocycles. The number of hydrogen-bond acceptors (Lipinski definition) is 6. The van der Waals surface area contributed by atoms with Gasteiger partial charge < -0.3 is 9.72 Å². The van der Waals surface area contributed by atoms with Crippen molar-refractivity contribution in [2.24, 2.45) is 5.92 Å². The number of methoxy groups -OCH3 is 1. The van der Waals surface area contributed by atoms with E-state index >= 15 is 0 Å². The molecule has 0 amide bonds. The highest BCUT2D eigenvalue weighted by atomic mass is 19.1. The van der Waals surface area contributed by atoms with Crippen LogP contribution in [0.4, 0.5) is 4.39 Å². The number of tetrazole rings is 1. The number of H-pyrrole nitrogens is 1. The average molecular weight is 463 g/mol. The summed E-state index contributed by atoms with van der Waals surface area (Å²) in [6, 6.07) is 13.4. The number of halogens is 1. The maximum absolute atomic E-state index is 13.4. The van der Waals surface area contributed by atoms with Gasteiger partial charge in [-0.05, 0) is 83.6 Å². The second-order valence-electron chi connectivity index (χ2n) is 8.95. The Bertz CT molecular complexity index is 1340. The molecule has 9 heteroatoms. The molecule has 0 unspecified atom stereocenters. The molecule has 1 atom stereocenters. The number of nitrogens with zero attached hydrogens (tertiary/aromatic N) is 5. The Morgan fingerprint density at radius 3 is 2.65 bits per heavy atom. The highest BCUT2D eigenvalue weighted by molar-refractivity contribution is 5.80. The van der Waals surface area contributed by atoms with Crippen LogP contribution in [0, 0.1) is 11.7 Å². The SMILES string of the molecule is COc1ccc2cc([C@H](c3nnnn3Cc3ccc(F)cc3)N3CCC(C)CC3)c(=O)[nH]c2c1. The first kappa shape index (κ1) is 22.2. The molecule has 1 N–H and O–H groups in total. The topological polar surface area (TPSA) is 88.9 Å². The van der Waals surface area contributed by atoms with Crippen LogP contribution in [-0.2, 0) is 6.54 Å². The smallest absolute Gasteiger partial charge is 0.253 e. The maximum atomic E-state index is 13.4.